The summed E-state index contributed by atoms with van der Waals surface area (Å²) >= 11 is 4.20. The van der Waals surface area contributed by atoms with Gasteiger partial charge in [-0.1, -0.05) is 15.9 Å². The number of benzene rings is 1. The van der Waals surface area contributed by atoms with Crippen LogP contribution in [0.2, 0.25) is 0 Å². The number of alkyl halides is 7. The van der Waals surface area contributed by atoms with Gasteiger partial charge >= 0.3 is 12.4 Å². The summed E-state index contributed by atoms with van der Waals surface area (Å²) in [6.45, 7) is 0. The molecule has 8 heteroatoms. The monoisotopic (exact) mass is 432 g/mol. The zero-order valence-electron chi connectivity index (χ0n) is 7.89. The summed E-state index contributed by atoms with van der Waals surface area (Å²) in [6.07, 6.45) is -9.59. The van der Waals surface area contributed by atoms with Crippen molar-refractivity contribution in [3.05, 3.63) is 32.4 Å². The van der Waals surface area contributed by atoms with Crippen molar-refractivity contribution in [1.82, 2.24) is 0 Å². The Bertz CT molecular complexity index is 423. The Morgan fingerprint density at radius 2 is 1.41 bits per heavy atom. The second kappa shape index (κ2) is 4.94. The molecule has 96 valence electrons. The molecule has 0 aliphatic heterocycles. The van der Waals surface area contributed by atoms with Crippen LogP contribution < -0.4 is 0 Å². The van der Waals surface area contributed by atoms with Crippen LogP contribution in [0.3, 0.4) is 0 Å². The first kappa shape index (κ1) is 15.1. The van der Waals surface area contributed by atoms with Gasteiger partial charge in [-0.15, -0.1) is 0 Å². The van der Waals surface area contributed by atoms with Crippen LogP contribution in [0, 0.1) is 3.57 Å². The van der Waals surface area contributed by atoms with Crippen LogP contribution in [0.5, 0.6) is 0 Å². The summed E-state index contributed by atoms with van der Waals surface area (Å²) in [5.41, 5.74) is -2.74. The highest BCUT2D eigenvalue weighted by Gasteiger charge is 2.39. The maximum absolute atomic E-state index is 12.5. The fraction of sp³-hybridized carbons (Fsp3) is 0.333. The summed E-state index contributed by atoms with van der Waals surface area (Å²) in [5.74, 6) is 0. The minimum atomic E-state index is -4.80. The largest absolute Gasteiger partial charge is 0.417 e. The van der Waals surface area contributed by atoms with Crippen molar-refractivity contribution in [3.63, 3.8) is 0 Å². The van der Waals surface area contributed by atoms with Crippen LogP contribution in [0.25, 0.3) is 0 Å². The van der Waals surface area contributed by atoms with E-state index in [4.69, 9.17) is 0 Å². The van der Waals surface area contributed by atoms with Crippen molar-refractivity contribution in [2.24, 2.45) is 0 Å². The molecule has 0 aliphatic rings. The lowest BCUT2D eigenvalue weighted by atomic mass is 10.0. The molecule has 0 aliphatic carbocycles. The zero-order chi connectivity index (χ0) is 13.4. The van der Waals surface area contributed by atoms with Crippen LogP contribution in [0.1, 0.15) is 16.7 Å². The highest BCUT2D eigenvalue weighted by atomic mass is 127. The smallest absolute Gasteiger partial charge is 0.166 e. The molecule has 0 fully saturated rings. The Balaban J connectivity index is 3.49. The van der Waals surface area contributed by atoms with Crippen molar-refractivity contribution in [1.29, 1.82) is 0 Å². The quantitative estimate of drug-likeness (QED) is 0.324. The number of hydrogen-bond donors (Lipinski definition) is 0. The second-order valence-electron chi connectivity index (χ2n) is 3.12. The van der Waals surface area contributed by atoms with Gasteiger partial charge in [-0.3, -0.25) is 0 Å². The molecule has 1 aromatic rings. The van der Waals surface area contributed by atoms with Crippen LogP contribution in [0.15, 0.2) is 12.1 Å². The summed E-state index contributed by atoms with van der Waals surface area (Å²) in [5, 5.41) is -0.157. The van der Waals surface area contributed by atoms with E-state index >= 15 is 0 Å². The third kappa shape index (κ3) is 3.49. The minimum Gasteiger partial charge on any atom is -0.166 e. The Labute approximate surface area is 115 Å². The lowest BCUT2D eigenvalue weighted by Gasteiger charge is -2.16. The lowest BCUT2D eigenvalue weighted by molar-refractivity contribution is -0.143. The highest BCUT2D eigenvalue weighted by Crippen LogP contribution is 2.40. The van der Waals surface area contributed by atoms with E-state index in [1.165, 1.54) is 22.6 Å². The minimum absolute atomic E-state index is 0.151. The molecule has 0 nitrogen and oxygen atoms in total. The topological polar surface area (TPSA) is 0 Å². The van der Waals surface area contributed by atoms with Gasteiger partial charge in [0.15, 0.2) is 0 Å². The molecular formula is C9H4BrF6I. The average Bonchev–Trinajstić information content (AvgIpc) is 2.13. The van der Waals surface area contributed by atoms with Gasteiger partial charge in [-0.2, -0.15) is 26.3 Å². The van der Waals surface area contributed by atoms with Gasteiger partial charge in [-0.25, -0.2) is 0 Å². The Morgan fingerprint density at radius 1 is 0.941 bits per heavy atom. The van der Waals surface area contributed by atoms with Gasteiger partial charge in [0.25, 0.3) is 0 Å². The molecule has 0 radical (unpaired) electrons. The number of halogens is 8. The molecule has 1 rings (SSSR count). The highest BCUT2D eigenvalue weighted by molar-refractivity contribution is 14.1. The van der Waals surface area contributed by atoms with Crippen LogP contribution in [-0.4, -0.2) is 0 Å². The van der Waals surface area contributed by atoms with Gasteiger partial charge in [0.1, 0.15) is 0 Å². The summed E-state index contributed by atoms with van der Waals surface area (Å²) in [4.78, 5) is 0. The average molecular weight is 433 g/mol. The molecule has 0 N–H and O–H groups in total. The van der Waals surface area contributed by atoms with Crippen LogP contribution in [0.4, 0.5) is 26.3 Å². The first-order chi connectivity index (χ1) is 7.57. The third-order valence-electron chi connectivity index (χ3n) is 1.95. The molecule has 0 amide bonds. The van der Waals surface area contributed by atoms with Crippen molar-refractivity contribution < 1.29 is 26.3 Å². The summed E-state index contributed by atoms with van der Waals surface area (Å²) < 4.78 is 74.8. The predicted molar refractivity (Wildman–Crippen MR) is 61.8 cm³/mol. The molecule has 0 saturated carbocycles. The van der Waals surface area contributed by atoms with Crippen molar-refractivity contribution in [3.8, 4) is 0 Å². The molecule has 17 heavy (non-hydrogen) atoms. The maximum atomic E-state index is 12.5. The predicted octanol–water partition coefficient (Wildman–Crippen LogP) is 5.22. The third-order valence-corrected chi connectivity index (χ3v) is 3.44. The molecule has 0 aromatic heterocycles. The Morgan fingerprint density at radius 3 is 1.76 bits per heavy atom. The normalized spacial score (nSPS) is 12.9. The van der Waals surface area contributed by atoms with E-state index in [-0.39, 0.29) is 20.5 Å². The number of hydrogen-bond acceptors (Lipinski definition) is 0. The fourth-order valence-corrected chi connectivity index (χ4v) is 2.51. The van der Waals surface area contributed by atoms with Crippen molar-refractivity contribution >= 4 is 38.5 Å². The second-order valence-corrected chi connectivity index (χ2v) is 4.84. The van der Waals surface area contributed by atoms with Gasteiger partial charge < -0.3 is 0 Å². The van der Waals surface area contributed by atoms with E-state index in [9.17, 15) is 26.3 Å². The van der Waals surface area contributed by atoms with E-state index in [0.717, 1.165) is 6.07 Å². The summed E-state index contributed by atoms with van der Waals surface area (Å²) in [7, 11) is 0. The van der Waals surface area contributed by atoms with Gasteiger partial charge in [-0.05, 0) is 40.3 Å². The van der Waals surface area contributed by atoms with Crippen LogP contribution >= 0.6 is 38.5 Å². The zero-order valence-corrected chi connectivity index (χ0v) is 11.6. The molecular weight excluding hydrogens is 429 g/mol. The molecule has 0 heterocycles. The lowest BCUT2D eigenvalue weighted by Crippen LogP contribution is -2.14. The molecule has 1 aromatic carbocycles. The van der Waals surface area contributed by atoms with E-state index in [2.05, 4.69) is 15.9 Å². The van der Waals surface area contributed by atoms with E-state index in [1.54, 1.807) is 0 Å². The SMILES string of the molecule is FC(F)(F)c1cc(C(F)(F)F)c(CBr)cc1I. The van der Waals surface area contributed by atoms with Crippen molar-refractivity contribution in [2.75, 3.05) is 0 Å². The molecule has 0 unspecified atom stereocenters. The van der Waals surface area contributed by atoms with Crippen LogP contribution in [-0.2, 0) is 17.7 Å². The van der Waals surface area contributed by atoms with E-state index in [1.807, 2.05) is 0 Å². The van der Waals surface area contributed by atoms with E-state index < -0.39 is 23.5 Å². The molecule has 0 saturated heterocycles. The van der Waals surface area contributed by atoms with E-state index in [0.29, 0.717) is 0 Å². The van der Waals surface area contributed by atoms with Gasteiger partial charge in [0.2, 0.25) is 0 Å². The molecule has 0 bridgehead atoms. The van der Waals surface area contributed by atoms with Gasteiger partial charge in [0, 0.05) is 8.90 Å². The number of rotatable bonds is 1. The maximum Gasteiger partial charge on any atom is 0.417 e. The Kier molecular flexibility index (Phi) is 4.38. The first-order valence-corrected chi connectivity index (χ1v) is 6.30. The van der Waals surface area contributed by atoms with Crippen molar-refractivity contribution in [2.45, 2.75) is 17.7 Å². The fourth-order valence-electron chi connectivity index (χ4n) is 1.21. The molecule has 0 spiro atoms. The standard InChI is InChI=1S/C9H4BrF6I/c10-3-4-1-7(17)6(9(14,15)16)2-5(4)8(11,12)13/h1-2H,3H2. The molecule has 0 atom stereocenters. The summed E-state index contributed by atoms with van der Waals surface area (Å²) in [6, 6.07) is 1.04. The Hall–Kier alpha value is 0.01000. The van der Waals surface area contributed by atoms with Gasteiger partial charge in [0.05, 0.1) is 11.1 Å². The first-order valence-electron chi connectivity index (χ1n) is 4.10.